The Balaban J connectivity index is 1.44. The molecule has 3 saturated heterocycles. The van der Waals surface area contributed by atoms with Gasteiger partial charge in [0.2, 0.25) is 5.91 Å². The first-order chi connectivity index (χ1) is 12.6. The second kappa shape index (κ2) is 7.24. The average Bonchev–Trinajstić information content (AvgIpc) is 3.01. The number of hydrogen-bond donors (Lipinski definition) is 0. The minimum absolute atomic E-state index is 0.185. The first-order valence-corrected chi connectivity index (χ1v) is 9.98. The summed E-state index contributed by atoms with van der Waals surface area (Å²) < 4.78 is 5.49. The Morgan fingerprint density at radius 1 is 1.15 bits per heavy atom. The molecule has 1 aromatic rings. The third-order valence-electron chi connectivity index (χ3n) is 6.23. The third-order valence-corrected chi connectivity index (χ3v) is 6.23. The number of aromatic nitrogens is 2. The average molecular weight is 358 g/mol. The third kappa shape index (κ3) is 3.49. The molecule has 6 nitrogen and oxygen atoms in total. The van der Waals surface area contributed by atoms with E-state index in [0.29, 0.717) is 11.9 Å². The van der Waals surface area contributed by atoms with Gasteiger partial charge in [-0.3, -0.25) is 9.69 Å². The van der Waals surface area contributed by atoms with E-state index in [9.17, 15) is 4.79 Å². The van der Waals surface area contributed by atoms with E-state index in [1.54, 1.807) is 0 Å². The smallest absolute Gasteiger partial charge is 0.230 e. The zero-order valence-electron chi connectivity index (χ0n) is 16.0. The van der Waals surface area contributed by atoms with Gasteiger partial charge in [0.1, 0.15) is 5.82 Å². The largest absolute Gasteiger partial charge is 0.381 e. The molecular formula is C20H30N4O2. The molecule has 3 fully saturated rings. The summed E-state index contributed by atoms with van der Waals surface area (Å²) >= 11 is 0. The first kappa shape index (κ1) is 17.9. The molecule has 0 N–H and O–H groups in total. The van der Waals surface area contributed by atoms with Gasteiger partial charge >= 0.3 is 0 Å². The summed E-state index contributed by atoms with van der Waals surface area (Å²) in [4.78, 5) is 27.1. The van der Waals surface area contributed by atoms with Crippen molar-refractivity contribution in [3.63, 3.8) is 0 Å². The van der Waals surface area contributed by atoms with Crippen molar-refractivity contribution >= 4 is 5.91 Å². The number of piperidine rings is 1. The molecule has 26 heavy (non-hydrogen) atoms. The van der Waals surface area contributed by atoms with Crippen LogP contribution in [0.4, 0.5) is 0 Å². The summed E-state index contributed by atoms with van der Waals surface area (Å²) in [5, 5.41) is 0. The molecule has 0 bridgehead atoms. The Morgan fingerprint density at radius 2 is 1.88 bits per heavy atom. The molecule has 0 aromatic carbocycles. The minimum atomic E-state index is -0.185. The number of carbonyl (C=O) groups excluding carboxylic acids is 1. The number of hydrogen-bond acceptors (Lipinski definition) is 5. The van der Waals surface area contributed by atoms with Crippen LogP contribution in [-0.4, -0.2) is 64.6 Å². The molecule has 1 spiro atoms. The molecule has 3 aliphatic rings. The van der Waals surface area contributed by atoms with E-state index < -0.39 is 0 Å². The van der Waals surface area contributed by atoms with E-state index >= 15 is 0 Å². The van der Waals surface area contributed by atoms with Crippen LogP contribution < -0.4 is 0 Å². The summed E-state index contributed by atoms with van der Waals surface area (Å²) in [5.74, 6) is 1.27. The number of rotatable bonds is 3. The Kier molecular flexibility index (Phi) is 4.97. The molecule has 142 valence electrons. The standard InChI is InChI=1S/C20H30N4O2/c1-15-12-16(2)22-18(21-15)13-23-9-7-20(14-23)6-3-8-24(19(20)25)17-4-10-26-11-5-17/h12,17H,3-11,13-14H2,1-2H3/t20-/m1/s1. The van der Waals surface area contributed by atoms with Gasteiger partial charge in [0, 0.05) is 43.7 Å². The second-order valence-electron chi connectivity index (χ2n) is 8.25. The van der Waals surface area contributed by atoms with E-state index in [1.807, 2.05) is 19.9 Å². The molecule has 4 rings (SSSR count). The van der Waals surface area contributed by atoms with Crippen molar-refractivity contribution in [2.24, 2.45) is 5.41 Å². The Labute approximate surface area is 155 Å². The molecular weight excluding hydrogens is 328 g/mol. The molecule has 0 radical (unpaired) electrons. The fourth-order valence-corrected chi connectivity index (χ4v) is 4.99. The minimum Gasteiger partial charge on any atom is -0.381 e. The van der Waals surface area contributed by atoms with Gasteiger partial charge in [-0.15, -0.1) is 0 Å². The van der Waals surface area contributed by atoms with Crippen molar-refractivity contribution in [2.45, 2.75) is 58.5 Å². The van der Waals surface area contributed by atoms with Crippen molar-refractivity contribution < 1.29 is 9.53 Å². The highest BCUT2D eigenvalue weighted by Crippen LogP contribution is 2.41. The van der Waals surface area contributed by atoms with Gasteiger partial charge in [-0.2, -0.15) is 0 Å². The van der Waals surface area contributed by atoms with Gasteiger partial charge in [0.05, 0.1) is 12.0 Å². The lowest BCUT2D eigenvalue weighted by Crippen LogP contribution is -2.54. The maximum absolute atomic E-state index is 13.4. The number of amides is 1. The van der Waals surface area contributed by atoms with Crippen LogP contribution in [0.1, 0.15) is 49.3 Å². The summed E-state index contributed by atoms with van der Waals surface area (Å²) in [5.41, 5.74) is 1.84. The van der Waals surface area contributed by atoms with Crippen LogP contribution in [0.25, 0.3) is 0 Å². The van der Waals surface area contributed by atoms with Crippen LogP contribution in [0.3, 0.4) is 0 Å². The molecule has 0 unspecified atom stereocenters. The SMILES string of the molecule is Cc1cc(C)nc(CN2CC[C@]3(CCCN(C4CCOCC4)C3=O)C2)n1. The van der Waals surface area contributed by atoms with Crippen LogP contribution >= 0.6 is 0 Å². The summed E-state index contributed by atoms with van der Waals surface area (Å²) in [6.07, 6.45) is 5.09. The Bertz CT molecular complexity index is 654. The topological polar surface area (TPSA) is 58.6 Å². The predicted molar refractivity (Wildman–Crippen MR) is 98.6 cm³/mol. The summed E-state index contributed by atoms with van der Waals surface area (Å²) in [6, 6.07) is 2.39. The molecule has 1 aromatic heterocycles. The van der Waals surface area contributed by atoms with Crippen molar-refractivity contribution in [1.29, 1.82) is 0 Å². The number of ether oxygens (including phenoxy) is 1. The van der Waals surface area contributed by atoms with Crippen molar-refractivity contribution in [1.82, 2.24) is 19.8 Å². The van der Waals surface area contributed by atoms with Crippen molar-refractivity contribution in [3.8, 4) is 0 Å². The van der Waals surface area contributed by atoms with Crippen LogP contribution in [0.15, 0.2) is 6.07 Å². The maximum atomic E-state index is 13.4. The van der Waals surface area contributed by atoms with E-state index in [2.05, 4.69) is 19.8 Å². The first-order valence-electron chi connectivity index (χ1n) is 9.98. The van der Waals surface area contributed by atoms with Gasteiger partial charge in [-0.1, -0.05) is 0 Å². The van der Waals surface area contributed by atoms with E-state index in [1.165, 1.54) is 0 Å². The van der Waals surface area contributed by atoms with Gasteiger partial charge in [0.25, 0.3) is 0 Å². The van der Waals surface area contributed by atoms with Gasteiger partial charge in [0.15, 0.2) is 0 Å². The predicted octanol–water partition coefficient (Wildman–Crippen LogP) is 2.09. The fourth-order valence-electron chi connectivity index (χ4n) is 4.99. The molecule has 1 atom stereocenters. The Morgan fingerprint density at radius 3 is 2.62 bits per heavy atom. The lowest BCUT2D eigenvalue weighted by atomic mass is 9.77. The zero-order valence-corrected chi connectivity index (χ0v) is 16.0. The Hall–Kier alpha value is -1.53. The molecule has 6 heteroatoms. The van der Waals surface area contributed by atoms with Gasteiger partial charge in [-0.05, 0) is 58.6 Å². The fraction of sp³-hybridized carbons (Fsp3) is 0.750. The molecule has 4 heterocycles. The van der Waals surface area contributed by atoms with Crippen molar-refractivity contribution in [2.75, 3.05) is 32.8 Å². The lowest BCUT2D eigenvalue weighted by molar-refractivity contribution is -0.150. The lowest BCUT2D eigenvalue weighted by Gasteiger charge is -2.44. The van der Waals surface area contributed by atoms with E-state index in [-0.39, 0.29) is 5.41 Å². The van der Waals surface area contributed by atoms with E-state index in [0.717, 1.165) is 88.7 Å². The van der Waals surface area contributed by atoms with Crippen LogP contribution in [0.5, 0.6) is 0 Å². The monoisotopic (exact) mass is 358 g/mol. The summed E-state index contributed by atoms with van der Waals surface area (Å²) in [7, 11) is 0. The zero-order chi connectivity index (χ0) is 18.1. The highest BCUT2D eigenvalue weighted by Gasteiger charge is 2.49. The number of likely N-dealkylation sites (tertiary alicyclic amines) is 2. The normalized spacial score (nSPS) is 28.2. The van der Waals surface area contributed by atoms with Crippen LogP contribution in [0, 0.1) is 19.3 Å². The molecule has 0 aliphatic carbocycles. The van der Waals surface area contributed by atoms with Crippen LogP contribution in [0.2, 0.25) is 0 Å². The molecule has 3 aliphatic heterocycles. The van der Waals surface area contributed by atoms with E-state index in [4.69, 9.17) is 4.74 Å². The highest BCUT2D eigenvalue weighted by atomic mass is 16.5. The van der Waals surface area contributed by atoms with Gasteiger partial charge in [-0.25, -0.2) is 9.97 Å². The maximum Gasteiger partial charge on any atom is 0.230 e. The van der Waals surface area contributed by atoms with Gasteiger partial charge < -0.3 is 9.64 Å². The number of aryl methyl sites for hydroxylation is 2. The molecule has 0 saturated carbocycles. The number of carbonyl (C=O) groups is 1. The quantitative estimate of drug-likeness (QED) is 0.828. The van der Waals surface area contributed by atoms with Crippen LogP contribution in [-0.2, 0) is 16.1 Å². The molecule has 1 amide bonds. The summed E-state index contributed by atoms with van der Waals surface area (Å²) in [6.45, 7) is 9.08. The highest BCUT2D eigenvalue weighted by molar-refractivity contribution is 5.84. The van der Waals surface area contributed by atoms with Crippen molar-refractivity contribution in [3.05, 3.63) is 23.3 Å². The number of nitrogens with zero attached hydrogens (tertiary/aromatic N) is 4. The second-order valence-corrected chi connectivity index (χ2v) is 8.25.